The summed E-state index contributed by atoms with van der Waals surface area (Å²) < 4.78 is 31.9. The summed E-state index contributed by atoms with van der Waals surface area (Å²) in [5, 5.41) is 2.97. The van der Waals surface area contributed by atoms with Gasteiger partial charge in [0.1, 0.15) is 0 Å². The molecule has 7 heteroatoms. The van der Waals surface area contributed by atoms with Gasteiger partial charge in [-0.05, 0) is 68.7 Å². The maximum Gasteiger partial charge on any atom is 0.235 e. The van der Waals surface area contributed by atoms with E-state index in [1.54, 1.807) is 32.2 Å². The Morgan fingerprint density at radius 1 is 1.04 bits per heavy atom. The first-order chi connectivity index (χ1) is 13.3. The monoisotopic (exact) mass is 399 g/mol. The van der Waals surface area contributed by atoms with E-state index < -0.39 is 15.3 Å². The van der Waals surface area contributed by atoms with Crippen LogP contribution in [-0.2, 0) is 16.6 Å². The number of hydrogen-bond acceptors (Lipinski definition) is 5. The van der Waals surface area contributed by atoms with Gasteiger partial charge in [-0.2, -0.15) is 0 Å². The highest BCUT2D eigenvalue weighted by Crippen LogP contribution is 2.30. The van der Waals surface area contributed by atoms with E-state index in [1.165, 1.54) is 6.39 Å². The van der Waals surface area contributed by atoms with Gasteiger partial charge in [0.15, 0.2) is 12.2 Å². The van der Waals surface area contributed by atoms with Gasteiger partial charge < -0.3 is 9.73 Å². The molecule has 0 radical (unpaired) electrons. The van der Waals surface area contributed by atoms with Crippen molar-refractivity contribution in [2.24, 2.45) is 0 Å². The van der Waals surface area contributed by atoms with Crippen LogP contribution in [0.15, 0.2) is 53.4 Å². The van der Waals surface area contributed by atoms with Crippen LogP contribution < -0.4 is 10.0 Å². The van der Waals surface area contributed by atoms with E-state index in [0.717, 1.165) is 33.7 Å². The lowest BCUT2D eigenvalue weighted by Gasteiger charge is -2.15. The molecule has 0 aliphatic carbocycles. The van der Waals surface area contributed by atoms with Crippen molar-refractivity contribution in [3.63, 3.8) is 0 Å². The topological polar surface area (TPSA) is 84.2 Å². The Labute approximate surface area is 166 Å². The number of hydrogen-bond donors (Lipinski definition) is 2. The number of anilines is 2. The molecule has 0 saturated heterocycles. The van der Waals surface area contributed by atoms with Crippen LogP contribution in [0.3, 0.4) is 0 Å². The van der Waals surface area contributed by atoms with Crippen molar-refractivity contribution < 1.29 is 12.8 Å². The van der Waals surface area contributed by atoms with Crippen LogP contribution in [0.2, 0.25) is 0 Å². The number of aromatic nitrogens is 1. The highest BCUT2D eigenvalue weighted by Gasteiger charge is 2.15. The minimum Gasteiger partial charge on any atom is -0.444 e. The molecule has 0 aliphatic rings. The van der Waals surface area contributed by atoms with E-state index in [1.807, 2.05) is 24.3 Å². The van der Waals surface area contributed by atoms with Crippen LogP contribution in [-0.4, -0.2) is 18.7 Å². The number of benzene rings is 2. The minimum absolute atomic E-state index is 0.472. The van der Waals surface area contributed by atoms with Gasteiger partial charge in [-0.3, -0.25) is 4.72 Å². The second-order valence-electron chi connectivity index (χ2n) is 7.02. The van der Waals surface area contributed by atoms with Crippen LogP contribution in [0.4, 0.5) is 11.4 Å². The van der Waals surface area contributed by atoms with Crippen LogP contribution in [0, 0.1) is 13.8 Å². The number of sulfonamides is 1. The Morgan fingerprint density at radius 2 is 1.75 bits per heavy atom. The molecule has 3 rings (SSSR count). The van der Waals surface area contributed by atoms with Gasteiger partial charge >= 0.3 is 0 Å². The van der Waals surface area contributed by atoms with Crippen molar-refractivity contribution >= 4 is 21.4 Å². The second kappa shape index (κ2) is 8.06. The molecule has 1 heterocycles. The van der Waals surface area contributed by atoms with Crippen LogP contribution in [0.1, 0.15) is 30.5 Å². The molecule has 0 saturated carbocycles. The van der Waals surface area contributed by atoms with Crippen LogP contribution in [0.5, 0.6) is 0 Å². The number of nitrogens with zero attached hydrogens (tertiary/aromatic N) is 1. The smallest absolute Gasteiger partial charge is 0.235 e. The Balaban J connectivity index is 1.68. The molecule has 0 fully saturated rings. The fourth-order valence-electron chi connectivity index (χ4n) is 2.80. The fourth-order valence-corrected chi connectivity index (χ4v) is 3.50. The highest BCUT2D eigenvalue weighted by molar-refractivity contribution is 7.93. The van der Waals surface area contributed by atoms with Crippen LogP contribution in [0.25, 0.3) is 11.3 Å². The molecule has 3 aromatic rings. The fraction of sp³-hybridized carbons (Fsp3) is 0.286. The molecule has 0 bridgehead atoms. The first kappa shape index (κ1) is 19.9. The van der Waals surface area contributed by atoms with Gasteiger partial charge in [0, 0.05) is 23.5 Å². The third-order valence-electron chi connectivity index (χ3n) is 4.80. The van der Waals surface area contributed by atoms with Crippen molar-refractivity contribution in [1.29, 1.82) is 0 Å². The first-order valence-electron chi connectivity index (χ1n) is 9.11. The molecule has 2 N–H and O–H groups in total. The lowest BCUT2D eigenvalue weighted by Crippen LogP contribution is -2.22. The summed E-state index contributed by atoms with van der Waals surface area (Å²) in [5.74, 6) is 0.756. The molecule has 148 valence electrons. The van der Waals surface area contributed by atoms with E-state index >= 15 is 0 Å². The average molecular weight is 400 g/mol. The number of rotatable bonds is 7. The van der Waals surface area contributed by atoms with Gasteiger partial charge in [0.2, 0.25) is 10.0 Å². The molecule has 0 aliphatic heterocycles. The average Bonchev–Trinajstić information content (AvgIpc) is 3.18. The molecular formula is C21H25N3O3S. The van der Waals surface area contributed by atoms with E-state index in [2.05, 4.69) is 28.9 Å². The highest BCUT2D eigenvalue weighted by atomic mass is 32.2. The lowest BCUT2D eigenvalue weighted by atomic mass is 10.00. The third-order valence-corrected chi connectivity index (χ3v) is 6.56. The number of oxazole rings is 1. The standard InChI is InChI=1S/C21H25N3O3S/c1-14(2)28(25,26)24-18-7-5-17(6-8-18)11-23-20-10-9-19(15(3)16(20)4)21-12-22-13-27-21/h5-10,12-14,23-24H,11H2,1-4H3. The maximum atomic E-state index is 11.9. The molecule has 0 spiro atoms. The summed E-state index contributed by atoms with van der Waals surface area (Å²) in [7, 11) is -3.33. The Bertz CT molecular complexity index is 1040. The van der Waals surface area contributed by atoms with Crippen molar-refractivity contribution in [1.82, 2.24) is 4.98 Å². The zero-order chi connectivity index (χ0) is 20.3. The maximum absolute atomic E-state index is 11.9. The molecule has 1 aromatic heterocycles. The largest absolute Gasteiger partial charge is 0.444 e. The normalized spacial score (nSPS) is 11.6. The van der Waals surface area contributed by atoms with Crippen LogP contribution >= 0.6 is 0 Å². The first-order valence-corrected chi connectivity index (χ1v) is 10.7. The molecule has 28 heavy (non-hydrogen) atoms. The predicted octanol–water partition coefficient (Wildman–Crippen LogP) is 4.72. The lowest BCUT2D eigenvalue weighted by molar-refractivity contribution is 0.571. The summed E-state index contributed by atoms with van der Waals surface area (Å²) in [5.41, 5.74) is 5.99. The van der Waals surface area contributed by atoms with Gasteiger partial charge in [0.05, 0.1) is 11.4 Å². The van der Waals surface area contributed by atoms with E-state index in [4.69, 9.17) is 4.42 Å². The SMILES string of the molecule is Cc1c(NCc2ccc(NS(=O)(=O)C(C)C)cc2)ccc(-c2cnco2)c1C. The molecule has 6 nitrogen and oxygen atoms in total. The summed E-state index contributed by atoms with van der Waals surface area (Å²) in [4.78, 5) is 3.98. The van der Waals surface area contributed by atoms with Gasteiger partial charge in [-0.25, -0.2) is 13.4 Å². The van der Waals surface area contributed by atoms with E-state index in [9.17, 15) is 8.42 Å². The summed E-state index contributed by atoms with van der Waals surface area (Å²) in [6, 6.07) is 11.4. The Hall–Kier alpha value is -2.80. The van der Waals surface area contributed by atoms with Crippen molar-refractivity contribution in [3.8, 4) is 11.3 Å². The molecule has 2 aromatic carbocycles. The van der Waals surface area contributed by atoms with E-state index in [-0.39, 0.29) is 0 Å². The second-order valence-corrected chi connectivity index (χ2v) is 9.26. The quantitative estimate of drug-likeness (QED) is 0.600. The van der Waals surface area contributed by atoms with Gasteiger partial charge in [0.25, 0.3) is 0 Å². The van der Waals surface area contributed by atoms with E-state index in [0.29, 0.717) is 12.2 Å². The van der Waals surface area contributed by atoms with Crippen molar-refractivity contribution in [3.05, 3.63) is 65.7 Å². The Morgan fingerprint density at radius 3 is 2.36 bits per heavy atom. The molecule has 0 atom stereocenters. The molecule has 0 amide bonds. The Kier molecular flexibility index (Phi) is 5.74. The zero-order valence-electron chi connectivity index (χ0n) is 16.5. The van der Waals surface area contributed by atoms with Gasteiger partial charge in [-0.15, -0.1) is 0 Å². The predicted molar refractivity (Wildman–Crippen MR) is 113 cm³/mol. The zero-order valence-corrected chi connectivity index (χ0v) is 17.3. The van der Waals surface area contributed by atoms with Crippen molar-refractivity contribution in [2.75, 3.05) is 10.0 Å². The van der Waals surface area contributed by atoms with Gasteiger partial charge in [-0.1, -0.05) is 12.1 Å². The summed E-state index contributed by atoms with van der Waals surface area (Å²) >= 11 is 0. The van der Waals surface area contributed by atoms with Crippen molar-refractivity contribution in [2.45, 2.75) is 39.5 Å². The number of nitrogens with one attached hydrogen (secondary N) is 2. The third kappa shape index (κ3) is 4.36. The molecule has 0 unspecified atom stereocenters. The minimum atomic E-state index is -3.33. The summed E-state index contributed by atoms with van der Waals surface area (Å²) in [6.45, 7) is 8.08. The summed E-state index contributed by atoms with van der Waals surface area (Å²) in [6.07, 6.45) is 3.14. The molecular weight excluding hydrogens is 374 g/mol.